The van der Waals surface area contributed by atoms with Gasteiger partial charge in [-0.25, -0.2) is 0 Å². The normalized spacial score (nSPS) is 10.2. The van der Waals surface area contributed by atoms with E-state index < -0.39 is 11.9 Å². The molecule has 0 aliphatic carbocycles. The zero-order valence-corrected chi connectivity index (χ0v) is 11.1. The number of carbonyl (C=O) groups excluding carboxylic acids is 2. The van der Waals surface area contributed by atoms with Crippen LogP contribution < -0.4 is 0 Å². The van der Waals surface area contributed by atoms with E-state index >= 15 is 0 Å². The molecule has 1 heterocycles. The molecule has 1 aromatic heterocycles. The van der Waals surface area contributed by atoms with Crippen molar-refractivity contribution in [3.63, 3.8) is 0 Å². The maximum absolute atomic E-state index is 11.7. The van der Waals surface area contributed by atoms with E-state index in [1.54, 1.807) is 0 Å². The molecule has 88 valence electrons. The van der Waals surface area contributed by atoms with E-state index in [0.717, 1.165) is 9.65 Å². The SMILES string of the molecule is COC(=O)c1[se]c2ccccc2c1C(=O)OC. The number of fused-ring (bicyclic) bond motifs is 1. The standard InChI is InChI=1S/C12H10O4Se/c1-15-11(13)9-7-5-3-4-6-8(7)17-10(9)12(14)16-2/h3-6H,1-2H3. The molecule has 5 heteroatoms. The third kappa shape index (κ3) is 1.99. The summed E-state index contributed by atoms with van der Waals surface area (Å²) in [5.41, 5.74) is 0.343. The van der Waals surface area contributed by atoms with Crippen LogP contribution in [0.2, 0.25) is 0 Å². The molecule has 0 fully saturated rings. The summed E-state index contributed by atoms with van der Waals surface area (Å²) in [6.45, 7) is 0. The first-order chi connectivity index (χ1) is 8.19. The molecular weight excluding hydrogens is 287 g/mol. The van der Waals surface area contributed by atoms with E-state index in [-0.39, 0.29) is 14.5 Å². The quantitative estimate of drug-likeness (QED) is 0.622. The topological polar surface area (TPSA) is 52.6 Å². The van der Waals surface area contributed by atoms with Crippen LogP contribution in [0.3, 0.4) is 0 Å². The number of ether oxygens (including phenoxy) is 2. The predicted octanol–water partition coefficient (Wildman–Crippen LogP) is 1.47. The number of rotatable bonds is 2. The summed E-state index contributed by atoms with van der Waals surface area (Å²) in [5.74, 6) is -0.946. The number of carbonyl (C=O) groups is 2. The van der Waals surface area contributed by atoms with Crippen LogP contribution in [0.1, 0.15) is 19.6 Å². The van der Waals surface area contributed by atoms with Crippen LogP contribution in [0, 0.1) is 0 Å². The predicted molar refractivity (Wildman–Crippen MR) is 63.6 cm³/mol. The Kier molecular flexibility index (Phi) is 3.31. The summed E-state index contributed by atoms with van der Waals surface area (Å²) in [6, 6.07) is 7.45. The Hall–Kier alpha value is -1.58. The molecule has 0 amide bonds. The minimum atomic E-state index is -0.489. The van der Waals surface area contributed by atoms with Gasteiger partial charge in [-0.3, -0.25) is 0 Å². The molecule has 2 rings (SSSR count). The first-order valence-electron chi connectivity index (χ1n) is 4.87. The third-order valence-corrected chi connectivity index (χ3v) is 4.77. The Morgan fingerprint density at radius 2 is 1.71 bits per heavy atom. The van der Waals surface area contributed by atoms with E-state index in [1.807, 2.05) is 24.3 Å². The van der Waals surface area contributed by atoms with Crippen molar-refractivity contribution in [2.45, 2.75) is 0 Å². The van der Waals surface area contributed by atoms with Crippen molar-refractivity contribution in [1.82, 2.24) is 0 Å². The number of methoxy groups -OCH3 is 2. The zero-order valence-electron chi connectivity index (χ0n) is 9.35. The van der Waals surface area contributed by atoms with Crippen molar-refractivity contribution < 1.29 is 19.1 Å². The summed E-state index contributed by atoms with van der Waals surface area (Å²) < 4.78 is 10.8. The van der Waals surface area contributed by atoms with Crippen LogP contribution in [0.25, 0.3) is 9.65 Å². The van der Waals surface area contributed by atoms with Gasteiger partial charge in [0.1, 0.15) is 0 Å². The summed E-state index contributed by atoms with van der Waals surface area (Å²) in [4.78, 5) is 23.4. The summed E-state index contributed by atoms with van der Waals surface area (Å²) >= 11 is -0.201. The molecular formula is C12H10O4Se. The van der Waals surface area contributed by atoms with Gasteiger partial charge in [-0.15, -0.1) is 0 Å². The van der Waals surface area contributed by atoms with Crippen molar-refractivity contribution in [3.8, 4) is 0 Å². The van der Waals surface area contributed by atoms with Crippen molar-refractivity contribution in [1.29, 1.82) is 0 Å². The third-order valence-electron chi connectivity index (χ3n) is 2.36. The molecule has 0 spiro atoms. The molecule has 1 aromatic carbocycles. The monoisotopic (exact) mass is 298 g/mol. The Morgan fingerprint density at radius 3 is 2.35 bits per heavy atom. The van der Waals surface area contributed by atoms with Crippen molar-refractivity contribution in [2.24, 2.45) is 0 Å². The Balaban J connectivity index is 2.73. The molecule has 2 aromatic rings. The molecule has 0 saturated carbocycles. The number of benzene rings is 1. The van der Waals surface area contributed by atoms with Crippen LogP contribution in [-0.2, 0) is 9.47 Å². The average Bonchev–Trinajstić information content (AvgIpc) is 2.76. The van der Waals surface area contributed by atoms with Crippen LogP contribution in [-0.4, -0.2) is 40.7 Å². The molecule has 17 heavy (non-hydrogen) atoms. The zero-order chi connectivity index (χ0) is 12.4. The van der Waals surface area contributed by atoms with Gasteiger partial charge >= 0.3 is 104 Å². The van der Waals surface area contributed by atoms with Crippen molar-refractivity contribution in [3.05, 3.63) is 34.3 Å². The molecule has 0 N–H and O–H groups in total. The fourth-order valence-corrected chi connectivity index (χ4v) is 3.91. The van der Waals surface area contributed by atoms with Crippen molar-refractivity contribution >= 4 is 36.1 Å². The van der Waals surface area contributed by atoms with E-state index in [9.17, 15) is 9.59 Å². The van der Waals surface area contributed by atoms with Gasteiger partial charge in [0, 0.05) is 0 Å². The van der Waals surface area contributed by atoms with Gasteiger partial charge in [0.05, 0.1) is 0 Å². The molecule has 4 nitrogen and oxygen atoms in total. The van der Waals surface area contributed by atoms with Crippen LogP contribution in [0.4, 0.5) is 0 Å². The number of esters is 2. The minimum absolute atomic E-state index is 0.201. The van der Waals surface area contributed by atoms with Gasteiger partial charge in [-0.05, 0) is 0 Å². The average molecular weight is 297 g/mol. The number of hydrogen-bond donors (Lipinski definition) is 0. The van der Waals surface area contributed by atoms with Crippen LogP contribution in [0.15, 0.2) is 24.3 Å². The summed E-state index contributed by atoms with van der Waals surface area (Å²) in [7, 11) is 2.61. The van der Waals surface area contributed by atoms with Crippen molar-refractivity contribution in [2.75, 3.05) is 14.2 Å². The maximum atomic E-state index is 11.7. The van der Waals surface area contributed by atoms with Gasteiger partial charge in [-0.2, -0.15) is 0 Å². The molecule has 0 atom stereocenters. The second-order valence-electron chi connectivity index (χ2n) is 3.29. The van der Waals surface area contributed by atoms with Crippen LogP contribution >= 0.6 is 0 Å². The van der Waals surface area contributed by atoms with E-state index in [1.165, 1.54) is 14.2 Å². The molecule has 0 radical (unpaired) electrons. The van der Waals surface area contributed by atoms with Gasteiger partial charge in [0.25, 0.3) is 0 Å². The molecule has 0 unspecified atom stereocenters. The molecule has 0 aliphatic rings. The Bertz CT molecular complexity index is 585. The first-order valence-corrected chi connectivity index (χ1v) is 6.58. The first kappa shape index (κ1) is 11.9. The van der Waals surface area contributed by atoms with Crippen LogP contribution in [0.5, 0.6) is 0 Å². The molecule has 0 bridgehead atoms. The molecule has 0 saturated heterocycles. The fourth-order valence-electron chi connectivity index (χ4n) is 1.59. The fraction of sp³-hybridized carbons (Fsp3) is 0.167. The second kappa shape index (κ2) is 4.73. The molecule has 0 aliphatic heterocycles. The van der Waals surface area contributed by atoms with Gasteiger partial charge in [-0.1, -0.05) is 0 Å². The second-order valence-corrected chi connectivity index (χ2v) is 5.49. The summed E-state index contributed by atoms with van der Waals surface area (Å²) in [6.07, 6.45) is 0. The van der Waals surface area contributed by atoms with E-state index in [2.05, 4.69) is 0 Å². The van der Waals surface area contributed by atoms with E-state index in [4.69, 9.17) is 9.47 Å². The Labute approximate surface area is 104 Å². The summed E-state index contributed by atoms with van der Waals surface area (Å²) in [5, 5.41) is 0.778. The Morgan fingerprint density at radius 1 is 1.06 bits per heavy atom. The van der Waals surface area contributed by atoms with E-state index in [0.29, 0.717) is 10.0 Å². The van der Waals surface area contributed by atoms with Gasteiger partial charge in [0.2, 0.25) is 0 Å². The number of hydrogen-bond acceptors (Lipinski definition) is 4. The van der Waals surface area contributed by atoms with Gasteiger partial charge < -0.3 is 0 Å². The van der Waals surface area contributed by atoms with Gasteiger partial charge in [0.15, 0.2) is 0 Å².